The third-order valence-corrected chi connectivity index (χ3v) is 3.22. The van der Waals surface area contributed by atoms with E-state index in [-0.39, 0.29) is 5.75 Å². The van der Waals surface area contributed by atoms with Crippen LogP contribution in [0.15, 0.2) is 43.0 Å². The van der Waals surface area contributed by atoms with Gasteiger partial charge in [0.1, 0.15) is 23.9 Å². The zero-order chi connectivity index (χ0) is 16.8. The summed E-state index contributed by atoms with van der Waals surface area (Å²) in [5.74, 6) is 0.639. The lowest BCUT2D eigenvalue weighted by Crippen LogP contribution is -2.26. The number of esters is 1. The van der Waals surface area contributed by atoms with Crippen molar-refractivity contribution in [1.82, 2.24) is 0 Å². The lowest BCUT2D eigenvalue weighted by atomic mass is 10.1. The third kappa shape index (κ3) is 3.74. The molecular formula is C18H20O5. The first-order valence-electron chi connectivity index (χ1n) is 7.40. The number of hydrogen-bond donors (Lipinski definition) is 1. The van der Waals surface area contributed by atoms with Crippen LogP contribution < -0.4 is 9.47 Å². The summed E-state index contributed by atoms with van der Waals surface area (Å²) in [5, 5.41) is 11.3. The van der Waals surface area contributed by atoms with E-state index in [1.807, 2.05) is 0 Å². The Hall–Kier alpha value is -2.69. The van der Waals surface area contributed by atoms with Gasteiger partial charge >= 0.3 is 5.97 Å². The molecule has 0 aliphatic rings. The summed E-state index contributed by atoms with van der Waals surface area (Å²) in [6, 6.07) is 8.47. The second-order valence-electron chi connectivity index (χ2n) is 4.87. The topological polar surface area (TPSA) is 65.0 Å². The first-order chi connectivity index (χ1) is 11.1. The van der Waals surface area contributed by atoms with Gasteiger partial charge in [0.2, 0.25) is 0 Å². The minimum Gasteiger partial charge on any atom is -0.507 e. The van der Waals surface area contributed by atoms with Crippen LogP contribution in [0.2, 0.25) is 0 Å². The van der Waals surface area contributed by atoms with Crippen LogP contribution in [0.3, 0.4) is 0 Å². The first-order valence-corrected chi connectivity index (χ1v) is 7.40. The largest absolute Gasteiger partial charge is 0.507 e. The maximum absolute atomic E-state index is 11.7. The van der Waals surface area contributed by atoms with Crippen LogP contribution in [-0.2, 0) is 9.53 Å². The molecule has 0 fully saturated rings. The van der Waals surface area contributed by atoms with Gasteiger partial charge in [0, 0.05) is 5.39 Å². The number of phenolic OH excluding ortho intramolecular Hbond substituents is 1. The van der Waals surface area contributed by atoms with Gasteiger partial charge in [0.05, 0.1) is 12.0 Å². The molecule has 0 amide bonds. The summed E-state index contributed by atoms with van der Waals surface area (Å²) in [6.07, 6.45) is 0.874. The van der Waals surface area contributed by atoms with Crippen molar-refractivity contribution in [2.24, 2.45) is 0 Å². The number of carbonyl (C=O) groups is 1. The maximum atomic E-state index is 11.7. The molecule has 2 aromatic rings. The average Bonchev–Trinajstić information content (AvgIpc) is 2.55. The monoisotopic (exact) mass is 316 g/mol. The van der Waals surface area contributed by atoms with E-state index in [2.05, 4.69) is 6.58 Å². The van der Waals surface area contributed by atoms with Crippen molar-refractivity contribution in [3.63, 3.8) is 0 Å². The van der Waals surface area contributed by atoms with Crippen molar-refractivity contribution in [3.8, 4) is 17.2 Å². The fraction of sp³-hybridized carbons (Fsp3) is 0.278. The minimum atomic E-state index is -0.750. The molecule has 2 rings (SSSR count). The van der Waals surface area contributed by atoms with Crippen molar-refractivity contribution in [1.29, 1.82) is 0 Å². The molecule has 0 unspecified atom stereocenters. The molecule has 5 heteroatoms. The van der Waals surface area contributed by atoms with E-state index < -0.39 is 12.1 Å². The fourth-order valence-electron chi connectivity index (χ4n) is 2.20. The summed E-state index contributed by atoms with van der Waals surface area (Å²) < 4.78 is 16.2. The maximum Gasteiger partial charge on any atom is 0.347 e. The Morgan fingerprint density at radius 3 is 2.78 bits per heavy atom. The molecular weight excluding hydrogens is 296 g/mol. The molecule has 122 valence electrons. The molecule has 0 saturated heterocycles. The van der Waals surface area contributed by atoms with Crippen LogP contribution in [0.1, 0.15) is 13.8 Å². The molecule has 0 aromatic heterocycles. The van der Waals surface area contributed by atoms with Gasteiger partial charge in [-0.1, -0.05) is 24.8 Å². The van der Waals surface area contributed by atoms with Crippen molar-refractivity contribution < 1.29 is 24.1 Å². The number of hydrogen-bond acceptors (Lipinski definition) is 5. The van der Waals surface area contributed by atoms with Crippen LogP contribution in [0, 0.1) is 0 Å². The zero-order valence-electron chi connectivity index (χ0n) is 13.2. The molecule has 0 bridgehead atoms. The van der Waals surface area contributed by atoms with Crippen molar-refractivity contribution >= 4 is 16.7 Å². The van der Waals surface area contributed by atoms with Gasteiger partial charge in [0.15, 0.2) is 6.10 Å². The Morgan fingerprint density at radius 1 is 1.30 bits per heavy atom. The molecule has 0 heterocycles. The molecule has 23 heavy (non-hydrogen) atoms. The van der Waals surface area contributed by atoms with Gasteiger partial charge in [-0.15, -0.1) is 0 Å². The average molecular weight is 316 g/mol. The van der Waals surface area contributed by atoms with Crippen LogP contribution >= 0.6 is 0 Å². The lowest BCUT2D eigenvalue weighted by molar-refractivity contribution is -0.150. The van der Waals surface area contributed by atoms with Gasteiger partial charge in [-0.2, -0.15) is 0 Å². The Bertz CT molecular complexity index is 708. The van der Waals surface area contributed by atoms with Gasteiger partial charge in [-0.05, 0) is 32.0 Å². The predicted octanol–water partition coefficient (Wildman–Crippen LogP) is 3.44. The van der Waals surface area contributed by atoms with E-state index in [9.17, 15) is 9.90 Å². The van der Waals surface area contributed by atoms with E-state index in [0.29, 0.717) is 35.5 Å². The number of carbonyl (C=O) groups excluding carboxylic acids is 1. The van der Waals surface area contributed by atoms with E-state index in [0.717, 1.165) is 0 Å². The van der Waals surface area contributed by atoms with E-state index in [1.54, 1.807) is 44.2 Å². The summed E-state index contributed by atoms with van der Waals surface area (Å²) in [7, 11) is 0. The third-order valence-electron chi connectivity index (χ3n) is 3.22. The number of ether oxygens (including phenoxy) is 3. The second kappa shape index (κ2) is 7.54. The van der Waals surface area contributed by atoms with Crippen molar-refractivity contribution in [2.75, 3.05) is 13.2 Å². The summed E-state index contributed by atoms with van der Waals surface area (Å²) in [6.45, 7) is 7.58. The zero-order valence-corrected chi connectivity index (χ0v) is 13.2. The molecule has 0 saturated carbocycles. The quantitative estimate of drug-likeness (QED) is 0.626. The van der Waals surface area contributed by atoms with E-state index in [1.165, 1.54) is 6.07 Å². The number of phenols is 1. The number of benzene rings is 2. The van der Waals surface area contributed by atoms with Crippen LogP contribution in [0.5, 0.6) is 17.2 Å². The van der Waals surface area contributed by atoms with Gasteiger partial charge in [-0.3, -0.25) is 0 Å². The Labute approximate surface area is 135 Å². The van der Waals surface area contributed by atoms with Crippen LogP contribution in [0.4, 0.5) is 0 Å². The van der Waals surface area contributed by atoms with Gasteiger partial charge < -0.3 is 19.3 Å². The Kier molecular flexibility index (Phi) is 5.46. The molecule has 0 aliphatic heterocycles. The number of rotatable bonds is 7. The summed E-state index contributed by atoms with van der Waals surface area (Å²) >= 11 is 0. The molecule has 5 nitrogen and oxygen atoms in total. The van der Waals surface area contributed by atoms with Crippen LogP contribution in [-0.4, -0.2) is 30.4 Å². The standard InChI is InChI=1S/C18H20O5/c1-4-11-22-16-8-6-7-13-15(10-9-14(19)17(13)16)23-12(3)18(20)21-5-2/h4,6-10,12,19H,1,5,11H2,2-3H3/t12-/m1/s1. The highest BCUT2D eigenvalue weighted by Crippen LogP contribution is 2.39. The second-order valence-corrected chi connectivity index (χ2v) is 4.87. The van der Waals surface area contributed by atoms with Crippen molar-refractivity contribution in [3.05, 3.63) is 43.0 Å². The molecule has 1 atom stereocenters. The highest BCUT2D eigenvalue weighted by Gasteiger charge is 2.18. The predicted molar refractivity (Wildman–Crippen MR) is 88.0 cm³/mol. The Morgan fingerprint density at radius 2 is 2.09 bits per heavy atom. The van der Waals surface area contributed by atoms with Gasteiger partial charge in [-0.25, -0.2) is 4.79 Å². The number of aromatic hydroxyl groups is 1. The molecule has 0 aliphatic carbocycles. The molecule has 0 radical (unpaired) electrons. The Balaban J connectivity index is 2.40. The molecule has 0 spiro atoms. The summed E-state index contributed by atoms with van der Waals surface area (Å²) in [5.41, 5.74) is 0. The highest BCUT2D eigenvalue weighted by molar-refractivity contribution is 5.97. The van der Waals surface area contributed by atoms with Gasteiger partial charge in [0.25, 0.3) is 0 Å². The molecule has 1 N–H and O–H groups in total. The first kappa shape index (κ1) is 16.7. The summed E-state index contributed by atoms with van der Waals surface area (Å²) in [4.78, 5) is 11.7. The van der Waals surface area contributed by atoms with Crippen LogP contribution in [0.25, 0.3) is 10.8 Å². The molecule has 2 aromatic carbocycles. The van der Waals surface area contributed by atoms with E-state index >= 15 is 0 Å². The highest BCUT2D eigenvalue weighted by atomic mass is 16.6. The van der Waals surface area contributed by atoms with Crippen molar-refractivity contribution in [2.45, 2.75) is 20.0 Å². The minimum absolute atomic E-state index is 0.0794. The lowest BCUT2D eigenvalue weighted by Gasteiger charge is -2.16. The number of fused-ring (bicyclic) bond motifs is 1. The van der Waals surface area contributed by atoms with E-state index in [4.69, 9.17) is 14.2 Å². The smallest absolute Gasteiger partial charge is 0.347 e. The SMILES string of the molecule is C=CCOc1cccc2c(O[C@H](C)C(=O)OCC)ccc(O)c12. The fourth-order valence-corrected chi connectivity index (χ4v) is 2.20. The normalized spacial score (nSPS) is 11.7.